The SMILES string of the molecule is Cn1c(CO)cnc1SCc1cc(Br)cs1. The topological polar surface area (TPSA) is 38.0 Å². The highest BCUT2D eigenvalue weighted by Gasteiger charge is 2.07. The lowest BCUT2D eigenvalue weighted by atomic mass is 10.5. The molecule has 6 heteroatoms. The molecule has 0 radical (unpaired) electrons. The first-order chi connectivity index (χ1) is 7.70. The van der Waals surface area contributed by atoms with Crippen LogP contribution in [0.4, 0.5) is 0 Å². The van der Waals surface area contributed by atoms with Gasteiger partial charge in [0.05, 0.1) is 18.5 Å². The van der Waals surface area contributed by atoms with Gasteiger partial charge in [-0.1, -0.05) is 11.8 Å². The molecule has 0 aromatic carbocycles. The van der Waals surface area contributed by atoms with Gasteiger partial charge in [-0.3, -0.25) is 0 Å². The molecule has 16 heavy (non-hydrogen) atoms. The third-order valence-corrected chi connectivity index (χ3v) is 5.14. The molecule has 0 bridgehead atoms. The minimum Gasteiger partial charge on any atom is -0.390 e. The molecule has 3 nitrogen and oxygen atoms in total. The Balaban J connectivity index is 2.02. The van der Waals surface area contributed by atoms with Crippen molar-refractivity contribution in [3.63, 3.8) is 0 Å². The monoisotopic (exact) mass is 318 g/mol. The van der Waals surface area contributed by atoms with Crippen LogP contribution in [0, 0.1) is 0 Å². The molecule has 0 atom stereocenters. The van der Waals surface area contributed by atoms with Gasteiger partial charge in [-0.05, 0) is 22.0 Å². The number of hydrogen-bond acceptors (Lipinski definition) is 4. The van der Waals surface area contributed by atoms with Crippen molar-refractivity contribution in [2.45, 2.75) is 17.5 Å². The van der Waals surface area contributed by atoms with E-state index in [0.29, 0.717) is 0 Å². The first kappa shape index (κ1) is 12.2. The lowest BCUT2D eigenvalue weighted by Gasteiger charge is -2.02. The maximum Gasteiger partial charge on any atom is 0.168 e. The van der Waals surface area contributed by atoms with Crippen LogP contribution in [0.5, 0.6) is 0 Å². The van der Waals surface area contributed by atoms with Gasteiger partial charge in [-0.15, -0.1) is 11.3 Å². The number of aliphatic hydroxyl groups excluding tert-OH is 1. The van der Waals surface area contributed by atoms with Gasteiger partial charge in [-0.2, -0.15) is 0 Å². The number of halogens is 1. The van der Waals surface area contributed by atoms with E-state index in [1.807, 2.05) is 11.6 Å². The van der Waals surface area contributed by atoms with Gasteiger partial charge in [0.25, 0.3) is 0 Å². The summed E-state index contributed by atoms with van der Waals surface area (Å²) in [4.78, 5) is 5.58. The number of imidazole rings is 1. The Labute approximate surface area is 111 Å². The number of thioether (sulfide) groups is 1. The molecule has 0 aliphatic heterocycles. The maximum atomic E-state index is 9.05. The largest absolute Gasteiger partial charge is 0.390 e. The first-order valence-corrected chi connectivity index (χ1v) is 7.33. The van der Waals surface area contributed by atoms with Crippen LogP contribution in [0.15, 0.2) is 27.3 Å². The fourth-order valence-corrected chi connectivity index (χ4v) is 3.75. The average molecular weight is 319 g/mol. The first-order valence-electron chi connectivity index (χ1n) is 4.68. The van der Waals surface area contributed by atoms with E-state index in [-0.39, 0.29) is 6.61 Å². The molecular formula is C10H11BrN2OS2. The Morgan fingerprint density at radius 1 is 1.62 bits per heavy atom. The molecule has 2 rings (SSSR count). The van der Waals surface area contributed by atoms with Gasteiger partial charge in [0.1, 0.15) is 0 Å². The predicted molar refractivity (Wildman–Crippen MR) is 70.7 cm³/mol. The quantitative estimate of drug-likeness (QED) is 0.880. The van der Waals surface area contributed by atoms with E-state index in [2.05, 4.69) is 32.4 Å². The third-order valence-electron chi connectivity index (χ3n) is 2.17. The number of rotatable bonds is 4. The van der Waals surface area contributed by atoms with Gasteiger partial charge in [0.2, 0.25) is 0 Å². The van der Waals surface area contributed by atoms with E-state index in [0.717, 1.165) is 21.1 Å². The molecule has 2 aromatic rings. The zero-order chi connectivity index (χ0) is 11.5. The van der Waals surface area contributed by atoms with E-state index in [1.54, 1.807) is 29.3 Å². The summed E-state index contributed by atoms with van der Waals surface area (Å²) >= 11 is 6.85. The van der Waals surface area contributed by atoms with Crippen LogP contribution >= 0.6 is 39.0 Å². The van der Waals surface area contributed by atoms with Gasteiger partial charge < -0.3 is 9.67 Å². The van der Waals surface area contributed by atoms with Gasteiger partial charge in [-0.25, -0.2) is 4.98 Å². The number of thiophene rings is 1. The summed E-state index contributed by atoms with van der Waals surface area (Å²) in [6.45, 7) is 0.0363. The highest BCUT2D eigenvalue weighted by Crippen LogP contribution is 2.27. The summed E-state index contributed by atoms with van der Waals surface area (Å²) in [5.74, 6) is 0.909. The molecule has 86 valence electrons. The fourth-order valence-electron chi connectivity index (χ4n) is 1.27. The van der Waals surface area contributed by atoms with Crippen molar-refractivity contribution in [2.75, 3.05) is 0 Å². The Bertz CT molecular complexity index is 481. The van der Waals surface area contributed by atoms with Gasteiger partial charge >= 0.3 is 0 Å². The molecule has 1 N–H and O–H groups in total. The molecule has 0 amide bonds. The highest BCUT2D eigenvalue weighted by molar-refractivity contribution is 9.10. The van der Waals surface area contributed by atoms with Crippen LogP contribution in [0.1, 0.15) is 10.6 Å². The molecule has 0 unspecified atom stereocenters. The van der Waals surface area contributed by atoms with E-state index >= 15 is 0 Å². The second-order valence-electron chi connectivity index (χ2n) is 3.27. The van der Waals surface area contributed by atoms with Crippen LogP contribution in [-0.4, -0.2) is 14.7 Å². The molecule has 0 spiro atoms. The number of hydrogen-bond donors (Lipinski definition) is 1. The van der Waals surface area contributed by atoms with Crippen LogP contribution < -0.4 is 0 Å². The number of nitrogens with zero attached hydrogens (tertiary/aromatic N) is 2. The average Bonchev–Trinajstić information content (AvgIpc) is 2.83. The van der Waals surface area contributed by atoms with E-state index in [4.69, 9.17) is 5.11 Å². The van der Waals surface area contributed by atoms with Crippen LogP contribution in [0.25, 0.3) is 0 Å². The second kappa shape index (κ2) is 5.35. The summed E-state index contributed by atoms with van der Waals surface area (Å²) in [5, 5.41) is 12.1. The standard InChI is InChI=1S/C10H11BrN2OS2/c1-13-8(4-14)3-12-10(13)16-6-9-2-7(11)5-15-9/h2-3,5,14H,4,6H2,1H3. The molecule has 0 fully saturated rings. The summed E-state index contributed by atoms with van der Waals surface area (Å²) in [6, 6.07) is 2.12. The van der Waals surface area contributed by atoms with E-state index < -0.39 is 0 Å². The van der Waals surface area contributed by atoms with Crippen LogP contribution in [-0.2, 0) is 19.4 Å². The Hall–Kier alpha value is -0.300. The van der Waals surface area contributed by atoms with Crippen LogP contribution in [0.2, 0.25) is 0 Å². The van der Waals surface area contributed by atoms with Crippen molar-refractivity contribution >= 4 is 39.0 Å². The fraction of sp³-hybridized carbons (Fsp3) is 0.300. The smallest absolute Gasteiger partial charge is 0.168 e. The van der Waals surface area contributed by atoms with E-state index in [1.165, 1.54) is 4.88 Å². The zero-order valence-electron chi connectivity index (χ0n) is 8.68. The lowest BCUT2D eigenvalue weighted by molar-refractivity contribution is 0.271. The molecule has 0 saturated heterocycles. The maximum absolute atomic E-state index is 9.05. The normalized spacial score (nSPS) is 10.9. The molecule has 2 aromatic heterocycles. The number of aliphatic hydroxyl groups is 1. The van der Waals surface area contributed by atoms with Crippen molar-refractivity contribution in [2.24, 2.45) is 7.05 Å². The van der Waals surface area contributed by atoms with Gasteiger partial charge in [0, 0.05) is 27.5 Å². The highest BCUT2D eigenvalue weighted by atomic mass is 79.9. The molecule has 0 aliphatic rings. The molecule has 2 heterocycles. The van der Waals surface area contributed by atoms with Crippen LogP contribution in [0.3, 0.4) is 0 Å². The minimum atomic E-state index is 0.0363. The third kappa shape index (κ3) is 2.68. The Kier molecular flexibility index (Phi) is 4.07. The van der Waals surface area contributed by atoms with Crippen molar-refractivity contribution in [1.82, 2.24) is 9.55 Å². The van der Waals surface area contributed by atoms with Crippen molar-refractivity contribution in [3.05, 3.63) is 32.7 Å². The van der Waals surface area contributed by atoms with Crippen molar-refractivity contribution in [1.29, 1.82) is 0 Å². The zero-order valence-corrected chi connectivity index (χ0v) is 11.9. The Morgan fingerprint density at radius 3 is 3.00 bits per heavy atom. The second-order valence-corrected chi connectivity index (χ2v) is 6.12. The van der Waals surface area contributed by atoms with E-state index in [9.17, 15) is 0 Å². The molecular weight excluding hydrogens is 308 g/mol. The Morgan fingerprint density at radius 2 is 2.44 bits per heavy atom. The molecule has 0 saturated carbocycles. The summed E-state index contributed by atoms with van der Waals surface area (Å²) in [7, 11) is 1.92. The van der Waals surface area contributed by atoms with Gasteiger partial charge in [0.15, 0.2) is 5.16 Å². The predicted octanol–water partition coefficient (Wildman–Crippen LogP) is 3.03. The minimum absolute atomic E-state index is 0.0363. The lowest BCUT2D eigenvalue weighted by Crippen LogP contribution is -1.97. The van der Waals surface area contributed by atoms with Crippen molar-refractivity contribution < 1.29 is 5.11 Å². The summed E-state index contributed by atoms with van der Waals surface area (Å²) in [5.41, 5.74) is 0.842. The van der Waals surface area contributed by atoms with Crippen molar-refractivity contribution in [3.8, 4) is 0 Å². The summed E-state index contributed by atoms with van der Waals surface area (Å²) < 4.78 is 3.05. The molecule has 0 aliphatic carbocycles. The number of aromatic nitrogens is 2. The summed E-state index contributed by atoms with van der Waals surface area (Å²) in [6.07, 6.45) is 1.71.